The van der Waals surface area contributed by atoms with E-state index in [4.69, 9.17) is 4.74 Å². The maximum absolute atomic E-state index is 5.59. The molecule has 0 atom stereocenters. The predicted octanol–water partition coefficient (Wildman–Crippen LogP) is 3.11. The van der Waals surface area contributed by atoms with Crippen molar-refractivity contribution in [2.24, 2.45) is 0 Å². The molecule has 0 fully saturated rings. The molecule has 1 N–H and O–H groups in total. The van der Waals surface area contributed by atoms with Crippen LogP contribution in [0.3, 0.4) is 0 Å². The van der Waals surface area contributed by atoms with E-state index in [0.717, 1.165) is 25.3 Å². The van der Waals surface area contributed by atoms with Gasteiger partial charge in [0.15, 0.2) is 0 Å². The van der Waals surface area contributed by atoms with E-state index in [-0.39, 0.29) is 0 Å². The van der Waals surface area contributed by atoms with Crippen LogP contribution in [0.2, 0.25) is 0 Å². The molecule has 1 aliphatic heterocycles. The van der Waals surface area contributed by atoms with Crippen LogP contribution in [0.4, 0.5) is 11.4 Å². The molecule has 2 aromatic carbocycles. The summed E-state index contributed by atoms with van der Waals surface area (Å²) < 4.78 is 5.59. The van der Waals surface area contributed by atoms with Crippen molar-refractivity contribution < 1.29 is 4.74 Å². The highest BCUT2D eigenvalue weighted by Crippen LogP contribution is 2.38. The van der Waals surface area contributed by atoms with Gasteiger partial charge in [-0.2, -0.15) is 0 Å². The van der Waals surface area contributed by atoms with Crippen LogP contribution in [-0.4, -0.2) is 20.7 Å². The number of nitrogens with zero attached hydrogens (tertiary/aromatic N) is 1. The van der Waals surface area contributed by atoms with Crippen molar-refractivity contribution in [2.75, 3.05) is 25.6 Å². The Morgan fingerprint density at radius 1 is 1.10 bits per heavy atom. The number of benzene rings is 2. The fraction of sp³-hybridized carbons (Fsp3) is 0.294. The van der Waals surface area contributed by atoms with Gasteiger partial charge in [-0.3, -0.25) is 0 Å². The molecule has 0 aromatic heterocycles. The molecule has 0 saturated heterocycles. The van der Waals surface area contributed by atoms with E-state index >= 15 is 0 Å². The number of fused-ring (bicyclic) bond motifs is 1. The summed E-state index contributed by atoms with van der Waals surface area (Å²) in [5, 5.41) is 3.42. The minimum absolute atomic E-state index is 0.939. The summed E-state index contributed by atoms with van der Waals surface area (Å²) in [5.74, 6) is 0.942. The van der Waals surface area contributed by atoms with Crippen LogP contribution in [0.25, 0.3) is 0 Å². The smallest absolute Gasteiger partial charge is 0.142 e. The van der Waals surface area contributed by atoms with Crippen molar-refractivity contribution in [3.8, 4) is 5.75 Å². The first-order chi connectivity index (χ1) is 9.81. The average molecular weight is 268 g/mol. The molecule has 0 radical (unpaired) electrons. The second-order valence-electron chi connectivity index (χ2n) is 5.08. The zero-order valence-corrected chi connectivity index (χ0v) is 12.0. The zero-order valence-electron chi connectivity index (χ0n) is 12.0. The van der Waals surface area contributed by atoms with E-state index in [1.807, 2.05) is 6.07 Å². The summed E-state index contributed by atoms with van der Waals surface area (Å²) in [6.07, 6.45) is 1.04. The Labute approximate surface area is 120 Å². The molecular weight excluding hydrogens is 248 g/mol. The van der Waals surface area contributed by atoms with Crippen LogP contribution < -0.4 is 15.0 Å². The lowest BCUT2D eigenvalue weighted by molar-refractivity contribution is 0.414. The molecule has 1 aliphatic rings. The lowest BCUT2D eigenvalue weighted by atomic mass is 9.97. The Balaban J connectivity index is 2.11. The third-order valence-electron chi connectivity index (χ3n) is 3.91. The number of hydrogen-bond donors (Lipinski definition) is 1. The highest BCUT2D eigenvalue weighted by molar-refractivity contribution is 5.73. The fourth-order valence-corrected chi connectivity index (χ4v) is 2.85. The lowest BCUT2D eigenvalue weighted by Crippen LogP contribution is -2.26. The van der Waals surface area contributed by atoms with Crippen LogP contribution >= 0.6 is 0 Å². The molecule has 3 nitrogen and oxygen atoms in total. The molecule has 0 amide bonds. The van der Waals surface area contributed by atoms with Crippen molar-refractivity contribution in [1.82, 2.24) is 5.32 Å². The van der Waals surface area contributed by atoms with E-state index < -0.39 is 0 Å². The first-order valence-electron chi connectivity index (χ1n) is 6.99. The summed E-state index contributed by atoms with van der Waals surface area (Å²) in [6.45, 7) is 1.96. The number of rotatable bonds is 3. The maximum Gasteiger partial charge on any atom is 0.142 e. The second-order valence-corrected chi connectivity index (χ2v) is 5.08. The summed E-state index contributed by atoms with van der Waals surface area (Å²) >= 11 is 0. The van der Waals surface area contributed by atoms with Gasteiger partial charge >= 0.3 is 0 Å². The van der Waals surface area contributed by atoms with E-state index in [9.17, 15) is 0 Å². The standard InChI is InChI=1S/C17H20N2O/c1-19(14-6-4-3-5-7-14)17-15-10-11-18-12-13(15)8-9-16(17)20-2/h3-9,18H,10-12H2,1-2H3. The normalized spacial score (nSPS) is 13.7. The monoisotopic (exact) mass is 268 g/mol. The largest absolute Gasteiger partial charge is 0.495 e. The summed E-state index contributed by atoms with van der Waals surface area (Å²) in [5.41, 5.74) is 5.14. The Kier molecular flexibility index (Phi) is 3.61. The molecule has 0 aliphatic carbocycles. The van der Waals surface area contributed by atoms with Gasteiger partial charge in [0.2, 0.25) is 0 Å². The van der Waals surface area contributed by atoms with Gasteiger partial charge in [-0.15, -0.1) is 0 Å². The molecule has 3 rings (SSSR count). The molecule has 0 bridgehead atoms. The summed E-state index contributed by atoms with van der Waals surface area (Å²) in [7, 11) is 3.85. The SMILES string of the molecule is COc1ccc2c(c1N(C)c1ccccc1)CCNC2. The van der Waals surface area contributed by atoms with Crippen molar-refractivity contribution in [2.45, 2.75) is 13.0 Å². The third-order valence-corrected chi connectivity index (χ3v) is 3.91. The van der Waals surface area contributed by atoms with Gasteiger partial charge < -0.3 is 15.0 Å². The van der Waals surface area contributed by atoms with Crippen LogP contribution in [0, 0.1) is 0 Å². The Bertz CT molecular complexity index is 595. The van der Waals surface area contributed by atoms with Crippen molar-refractivity contribution in [3.63, 3.8) is 0 Å². The summed E-state index contributed by atoms with van der Waals surface area (Å²) in [6, 6.07) is 14.7. The van der Waals surface area contributed by atoms with Crippen LogP contribution in [0.5, 0.6) is 5.75 Å². The highest BCUT2D eigenvalue weighted by Gasteiger charge is 2.20. The van der Waals surface area contributed by atoms with Crippen LogP contribution in [0.15, 0.2) is 42.5 Å². The van der Waals surface area contributed by atoms with Crippen LogP contribution in [0.1, 0.15) is 11.1 Å². The van der Waals surface area contributed by atoms with Gasteiger partial charge in [-0.25, -0.2) is 0 Å². The number of methoxy groups -OCH3 is 1. The number of anilines is 2. The minimum Gasteiger partial charge on any atom is -0.495 e. The molecule has 20 heavy (non-hydrogen) atoms. The van der Waals surface area contributed by atoms with Crippen molar-refractivity contribution in [3.05, 3.63) is 53.6 Å². The number of nitrogens with one attached hydrogen (secondary N) is 1. The van der Waals surface area contributed by atoms with Gasteiger partial charge in [0.1, 0.15) is 5.75 Å². The highest BCUT2D eigenvalue weighted by atomic mass is 16.5. The van der Waals surface area contributed by atoms with E-state index in [0.29, 0.717) is 0 Å². The molecule has 2 aromatic rings. The molecular formula is C17H20N2O. The van der Waals surface area contributed by atoms with Crippen molar-refractivity contribution >= 4 is 11.4 Å². The van der Waals surface area contributed by atoms with Crippen LogP contribution in [-0.2, 0) is 13.0 Å². The number of hydrogen-bond acceptors (Lipinski definition) is 3. The molecule has 0 spiro atoms. The van der Waals surface area contributed by atoms with Crippen molar-refractivity contribution in [1.29, 1.82) is 0 Å². The first-order valence-corrected chi connectivity index (χ1v) is 6.99. The van der Waals surface area contributed by atoms with Gasteiger partial charge in [0.25, 0.3) is 0 Å². The average Bonchev–Trinajstić information content (AvgIpc) is 2.54. The number of ether oxygens (including phenoxy) is 1. The zero-order chi connectivity index (χ0) is 13.9. The molecule has 1 heterocycles. The van der Waals surface area contributed by atoms with E-state index in [1.54, 1.807) is 7.11 Å². The quantitative estimate of drug-likeness (QED) is 0.925. The van der Waals surface area contributed by atoms with Gasteiger partial charge in [-0.05, 0) is 42.3 Å². The minimum atomic E-state index is 0.939. The van der Waals surface area contributed by atoms with E-state index in [2.05, 4.69) is 53.7 Å². The van der Waals surface area contributed by atoms with Gasteiger partial charge in [0, 0.05) is 19.3 Å². The van der Waals surface area contributed by atoms with Gasteiger partial charge in [0.05, 0.1) is 12.8 Å². The maximum atomic E-state index is 5.59. The fourth-order valence-electron chi connectivity index (χ4n) is 2.85. The van der Waals surface area contributed by atoms with E-state index in [1.165, 1.54) is 22.5 Å². The summed E-state index contributed by atoms with van der Waals surface area (Å²) in [4.78, 5) is 2.23. The Morgan fingerprint density at radius 3 is 2.65 bits per heavy atom. The lowest BCUT2D eigenvalue weighted by Gasteiger charge is -2.28. The van der Waals surface area contributed by atoms with Gasteiger partial charge in [-0.1, -0.05) is 24.3 Å². The Hall–Kier alpha value is -2.00. The Morgan fingerprint density at radius 2 is 1.90 bits per heavy atom. The molecule has 3 heteroatoms. The molecule has 0 unspecified atom stereocenters. The third kappa shape index (κ3) is 2.25. The second kappa shape index (κ2) is 5.55. The topological polar surface area (TPSA) is 24.5 Å². The first kappa shape index (κ1) is 13.0. The predicted molar refractivity (Wildman–Crippen MR) is 82.9 cm³/mol. The number of para-hydroxylation sites is 1. The molecule has 104 valence electrons. The molecule has 0 saturated carbocycles.